The van der Waals surface area contributed by atoms with Crippen molar-refractivity contribution in [3.05, 3.63) is 0 Å². The lowest BCUT2D eigenvalue weighted by molar-refractivity contribution is -0.128. The minimum atomic E-state index is -0.789. The molecule has 12 nitrogen and oxygen atoms in total. The Labute approximate surface area is 214 Å². The van der Waals surface area contributed by atoms with Crippen LogP contribution in [0, 0.1) is 0 Å². The lowest BCUT2D eigenvalue weighted by atomic mass is 10.3. The highest BCUT2D eigenvalue weighted by Crippen LogP contribution is 2.08. The van der Waals surface area contributed by atoms with Gasteiger partial charge in [-0.2, -0.15) is 0 Å². The quantitative estimate of drug-likeness (QED) is 0.199. The topological polar surface area (TPSA) is 134 Å². The summed E-state index contributed by atoms with van der Waals surface area (Å²) in [6.45, 7) is 15.6. The van der Waals surface area contributed by atoms with Crippen molar-refractivity contribution in [3.63, 3.8) is 0 Å². The molecule has 0 saturated heterocycles. The molecular weight excluding hydrogens is 480 g/mol. The second-order valence-corrected chi connectivity index (χ2v) is 9.04. The average molecular weight is 525 g/mol. The molecule has 0 aliphatic rings. The van der Waals surface area contributed by atoms with Crippen molar-refractivity contribution < 1.29 is 57.0 Å². The van der Waals surface area contributed by atoms with Crippen LogP contribution in [0.15, 0.2) is 0 Å². The average Bonchev–Trinajstić information content (AvgIpc) is 2.75. The van der Waals surface area contributed by atoms with E-state index in [1.807, 2.05) is 0 Å². The minimum Gasteiger partial charge on any atom is -0.432 e. The normalized spacial score (nSPS) is 14.7. The molecule has 3 unspecified atom stereocenters. The van der Waals surface area contributed by atoms with Crippen LogP contribution in [0.1, 0.15) is 62.3 Å². The van der Waals surface area contributed by atoms with Gasteiger partial charge in [0.15, 0.2) is 0 Å². The highest BCUT2D eigenvalue weighted by molar-refractivity contribution is 5.60. The number of carbonyl (C=O) groups is 3. The molecule has 3 atom stereocenters. The summed E-state index contributed by atoms with van der Waals surface area (Å²) < 4.78 is 47.2. The molecule has 0 amide bonds. The van der Waals surface area contributed by atoms with Crippen LogP contribution in [-0.2, 0) is 42.6 Å². The van der Waals surface area contributed by atoms with Gasteiger partial charge in [-0.25, -0.2) is 14.4 Å². The largest absolute Gasteiger partial charge is 0.508 e. The molecule has 0 aliphatic heterocycles. The maximum absolute atomic E-state index is 11.6. The number of rotatable bonds is 17. The van der Waals surface area contributed by atoms with Gasteiger partial charge in [0.1, 0.15) is 25.9 Å². The smallest absolute Gasteiger partial charge is 0.432 e. The number of ether oxygens (including phenoxy) is 9. The predicted molar refractivity (Wildman–Crippen MR) is 128 cm³/mol. The Morgan fingerprint density at radius 3 is 1.08 bits per heavy atom. The Morgan fingerprint density at radius 1 is 0.472 bits per heavy atom. The Balaban J connectivity index is 4.73. The predicted octanol–water partition coefficient (Wildman–Crippen LogP) is 4.26. The van der Waals surface area contributed by atoms with Gasteiger partial charge < -0.3 is 42.6 Å². The van der Waals surface area contributed by atoms with Crippen molar-refractivity contribution in [2.24, 2.45) is 0 Å². The van der Waals surface area contributed by atoms with E-state index in [0.29, 0.717) is 0 Å². The Morgan fingerprint density at radius 2 is 0.778 bits per heavy atom. The van der Waals surface area contributed by atoms with Gasteiger partial charge in [0.05, 0.1) is 49.8 Å². The number of hydrogen-bond donors (Lipinski definition) is 0. The third-order valence-corrected chi connectivity index (χ3v) is 3.86. The first kappa shape index (κ1) is 33.7. The van der Waals surface area contributed by atoms with Crippen LogP contribution < -0.4 is 0 Å². The highest BCUT2D eigenvalue weighted by atomic mass is 16.7. The van der Waals surface area contributed by atoms with Crippen LogP contribution in [0.5, 0.6) is 0 Å². The van der Waals surface area contributed by atoms with Crippen molar-refractivity contribution in [3.8, 4) is 0 Å². The monoisotopic (exact) mass is 524 g/mol. The van der Waals surface area contributed by atoms with Gasteiger partial charge in [-0.15, -0.1) is 0 Å². The molecule has 0 aliphatic carbocycles. The molecule has 12 heteroatoms. The van der Waals surface area contributed by atoms with Crippen molar-refractivity contribution in [1.82, 2.24) is 0 Å². The van der Waals surface area contributed by atoms with Crippen molar-refractivity contribution in [1.29, 1.82) is 0 Å². The summed E-state index contributed by atoms with van der Waals surface area (Å²) in [4.78, 5) is 34.7. The molecular formula is C24H44O12. The molecule has 0 aromatic carbocycles. The fourth-order valence-electron chi connectivity index (χ4n) is 2.37. The van der Waals surface area contributed by atoms with E-state index in [-0.39, 0.29) is 51.3 Å². The van der Waals surface area contributed by atoms with Crippen molar-refractivity contribution >= 4 is 18.5 Å². The summed E-state index contributed by atoms with van der Waals surface area (Å²) in [5, 5.41) is 0. The molecule has 0 aromatic rings. The van der Waals surface area contributed by atoms with Gasteiger partial charge in [-0.05, 0) is 62.3 Å². The van der Waals surface area contributed by atoms with Gasteiger partial charge in [0, 0.05) is 0 Å². The van der Waals surface area contributed by atoms with Crippen LogP contribution in [-0.4, -0.2) is 94.2 Å². The summed E-state index contributed by atoms with van der Waals surface area (Å²) in [5.41, 5.74) is 0. The summed E-state index contributed by atoms with van der Waals surface area (Å²) in [6, 6.07) is 0. The molecule has 0 N–H and O–H groups in total. The van der Waals surface area contributed by atoms with Crippen LogP contribution in [0.25, 0.3) is 0 Å². The SMILES string of the molecule is CC(C)OC(=O)OCC(C)OCC(COC(C)COC(=O)OC(C)C)OC(C)COC(=O)OC(C)C. The molecule has 36 heavy (non-hydrogen) atoms. The summed E-state index contributed by atoms with van der Waals surface area (Å²) in [7, 11) is 0. The van der Waals surface area contributed by atoms with E-state index >= 15 is 0 Å². The zero-order chi connectivity index (χ0) is 27.7. The summed E-state index contributed by atoms with van der Waals surface area (Å²) >= 11 is 0. The van der Waals surface area contributed by atoms with E-state index < -0.39 is 42.9 Å². The van der Waals surface area contributed by atoms with E-state index in [1.54, 1.807) is 62.3 Å². The van der Waals surface area contributed by atoms with E-state index in [1.165, 1.54) is 0 Å². The highest BCUT2D eigenvalue weighted by Gasteiger charge is 2.20. The van der Waals surface area contributed by atoms with Crippen LogP contribution in [0.4, 0.5) is 14.4 Å². The summed E-state index contributed by atoms with van der Waals surface area (Å²) in [6.07, 6.45) is -5.19. The first-order valence-electron chi connectivity index (χ1n) is 12.2. The van der Waals surface area contributed by atoms with Gasteiger partial charge in [0.25, 0.3) is 0 Å². The van der Waals surface area contributed by atoms with E-state index in [2.05, 4.69) is 0 Å². The Bertz CT molecular complexity index is 586. The Hall–Kier alpha value is -2.31. The lowest BCUT2D eigenvalue weighted by Gasteiger charge is -2.25. The van der Waals surface area contributed by atoms with Gasteiger partial charge in [-0.3, -0.25) is 0 Å². The number of carbonyl (C=O) groups excluding carboxylic acids is 3. The van der Waals surface area contributed by atoms with Gasteiger partial charge >= 0.3 is 18.5 Å². The summed E-state index contributed by atoms with van der Waals surface area (Å²) in [5.74, 6) is 0. The molecule has 0 rings (SSSR count). The van der Waals surface area contributed by atoms with Gasteiger partial charge in [-0.1, -0.05) is 0 Å². The van der Waals surface area contributed by atoms with Crippen LogP contribution >= 0.6 is 0 Å². The van der Waals surface area contributed by atoms with Crippen LogP contribution in [0.3, 0.4) is 0 Å². The zero-order valence-electron chi connectivity index (χ0n) is 23.0. The van der Waals surface area contributed by atoms with Crippen LogP contribution in [0.2, 0.25) is 0 Å². The van der Waals surface area contributed by atoms with Crippen molar-refractivity contribution in [2.75, 3.05) is 33.0 Å². The molecule has 0 bridgehead atoms. The number of hydrogen-bond acceptors (Lipinski definition) is 12. The Kier molecular flexibility index (Phi) is 17.7. The molecule has 212 valence electrons. The maximum Gasteiger partial charge on any atom is 0.508 e. The molecule has 0 fully saturated rings. The fourth-order valence-corrected chi connectivity index (χ4v) is 2.37. The molecule has 0 aromatic heterocycles. The molecule has 0 spiro atoms. The molecule has 0 heterocycles. The standard InChI is InChI=1S/C24H44O12/c1-15(2)33-22(25)30-10-18(7)28-13-21(36-20(9)12-32-24(27)35-17(5)6)14-29-19(8)11-31-23(26)34-16(3)4/h15-21H,10-14H2,1-9H3. The second kappa shape index (κ2) is 18.9. The van der Waals surface area contributed by atoms with E-state index in [4.69, 9.17) is 42.6 Å². The first-order chi connectivity index (χ1) is 16.8. The first-order valence-corrected chi connectivity index (χ1v) is 12.2. The van der Waals surface area contributed by atoms with E-state index in [9.17, 15) is 14.4 Å². The molecule has 0 saturated carbocycles. The van der Waals surface area contributed by atoms with E-state index in [0.717, 1.165) is 0 Å². The fraction of sp³-hybridized carbons (Fsp3) is 0.875. The lowest BCUT2D eigenvalue weighted by Crippen LogP contribution is -2.35. The van der Waals surface area contributed by atoms with Crippen molar-refractivity contribution in [2.45, 2.75) is 105 Å². The zero-order valence-corrected chi connectivity index (χ0v) is 23.0. The third kappa shape index (κ3) is 19.9. The van der Waals surface area contributed by atoms with Gasteiger partial charge in [0.2, 0.25) is 0 Å². The second-order valence-electron chi connectivity index (χ2n) is 9.04. The maximum atomic E-state index is 11.6. The molecule has 0 radical (unpaired) electrons. The third-order valence-electron chi connectivity index (χ3n) is 3.86. The minimum absolute atomic E-state index is 0.0129.